The molecule has 1 aromatic carbocycles. The summed E-state index contributed by atoms with van der Waals surface area (Å²) < 4.78 is 28.8. The number of amides is 2. The fourth-order valence-corrected chi connectivity index (χ4v) is 4.94. The molecule has 2 amide bonds. The number of carbonyl (C=O) groups excluding carboxylic acids is 1. The molecule has 0 bridgehead atoms. The van der Waals surface area contributed by atoms with E-state index in [0.717, 1.165) is 13.1 Å². The fraction of sp³-hybridized carbons (Fsp3) is 0.667. The van der Waals surface area contributed by atoms with Crippen LogP contribution in [0.1, 0.15) is 25.8 Å². The summed E-state index contributed by atoms with van der Waals surface area (Å²) >= 11 is 0. The summed E-state index contributed by atoms with van der Waals surface area (Å²) in [7, 11) is 0. The largest absolute Gasteiger partial charge is 0.370 e. The Balaban J connectivity index is 1.29. The molecule has 0 radical (unpaired) electrons. The van der Waals surface area contributed by atoms with E-state index in [1.807, 2.05) is 13.8 Å². The van der Waals surface area contributed by atoms with Gasteiger partial charge in [0, 0.05) is 49.7 Å². The number of benzene rings is 1. The molecule has 1 aromatic rings. The minimum absolute atomic E-state index is 0.0627. The number of anilines is 1. The van der Waals surface area contributed by atoms with Crippen molar-refractivity contribution >= 4 is 11.7 Å². The van der Waals surface area contributed by atoms with E-state index in [1.165, 1.54) is 16.2 Å². The van der Waals surface area contributed by atoms with Crippen LogP contribution in [0, 0.1) is 24.2 Å². The Labute approximate surface area is 160 Å². The summed E-state index contributed by atoms with van der Waals surface area (Å²) in [5.41, 5.74) is 2.61. The van der Waals surface area contributed by atoms with Gasteiger partial charge < -0.3 is 14.7 Å². The van der Waals surface area contributed by atoms with Gasteiger partial charge in [-0.05, 0) is 31.4 Å². The van der Waals surface area contributed by atoms with Crippen LogP contribution in [-0.4, -0.2) is 61.0 Å². The van der Waals surface area contributed by atoms with Crippen LogP contribution in [0.15, 0.2) is 24.3 Å². The van der Waals surface area contributed by atoms with Gasteiger partial charge in [-0.15, -0.1) is 0 Å². The molecule has 0 aliphatic carbocycles. The van der Waals surface area contributed by atoms with E-state index in [1.54, 1.807) is 4.90 Å². The average molecular weight is 377 g/mol. The number of aryl methyl sites for hydroxylation is 1. The number of alkyl halides is 2. The van der Waals surface area contributed by atoms with Crippen LogP contribution in [0.2, 0.25) is 0 Å². The third-order valence-electron chi connectivity index (χ3n) is 6.50. The first-order valence-corrected chi connectivity index (χ1v) is 9.92. The molecule has 0 aromatic heterocycles. The second kappa shape index (κ2) is 6.35. The number of rotatable bonds is 2. The van der Waals surface area contributed by atoms with Gasteiger partial charge in [0.1, 0.15) is 0 Å². The molecule has 4 rings (SSSR count). The molecule has 1 atom stereocenters. The molecular formula is C21H29F2N3O. The molecule has 148 valence electrons. The van der Waals surface area contributed by atoms with Crippen molar-refractivity contribution in [3.05, 3.63) is 29.8 Å². The first-order valence-electron chi connectivity index (χ1n) is 9.92. The zero-order valence-corrected chi connectivity index (χ0v) is 16.4. The van der Waals surface area contributed by atoms with Crippen LogP contribution >= 0.6 is 0 Å². The van der Waals surface area contributed by atoms with Crippen molar-refractivity contribution in [2.75, 3.05) is 44.2 Å². The van der Waals surface area contributed by atoms with Crippen molar-refractivity contribution in [1.82, 2.24) is 9.80 Å². The average Bonchev–Trinajstić information content (AvgIpc) is 2.52. The van der Waals surface area contributed by atoms with Crippen molar-refractivity contribution in [2.24, 2.45) is 17.3 Å². The summed E-state index contributed by atoms with van der Waals surface area (Å²) in [4.78, 5) is 18.1. The zero-order valence-electron chi connectivity index (χ0n) is 16.4. The van der Waals surface area contributed by atoms with Gasteiger partial charge >= 0.3 is 6.03 Å². The molecule has 0 saturated carbocycles. The van der Waals surface area contributed by atoms with Gasteiger partial charge in [-0.2, -0.15) is 0 Å². The van der Waals surface area contributed by atoms with Crippen molar-refractivity contribution in [2.45, 2.75) is 33.1 Å². The topological polar surface area (TPSA) is 26.8 Å². The van der Waals surface area contributed by atoms with Gasteiger partial charge in [-0.3, -0.25) is 0 Å². The van der Waals surface area contributed by atoms with Crippen LogP contribution in [0.4, 0.5) is 19.3 Å². The number of carbonyl (C=O) groups is 1. The minimum Gasteiger partial charge on any atom is -0.370 e. The van der Waals surface area contributed by atoms with Gasteiger partial charge in [0.2, 0.25) is 0 Å². The monoisotopic (exact) mass is 377 g/mol. The molecule has 6 heteroatoms. The van der Waals surface area contributed by atoms with Crippen molar-refractivity contribution in [3.63, 3.8) is 0 Å². The predicted octanol–water partition coefficient (Wildman–Crippen LogP) is 3.85. The molecular weight excluding hydrogens is 348 g/mol. The molecule has 3 aliphatic heterocycles. The quantitative estimate of drug-likeness (QED) is 0.783. The van der Waals surface area contributed by atoms with Gasteiger partial charge in [-0.25, -0.2) is 13.6 Å². The highest BCUT2D eigenvalue weighted by molar-refractivity contribution is 5.76. The lowest BCUT2D eigenvalue weighted by molar-refractivity contribution is -0.120. The minimum atomic E-state index is -2.79. The van der Waals surface area contributed by atoms with Crippen molar-refractivity contribution in [1.29, 1.82) is 0 Å². The molecule has 3 aliphatic rings. The predicted molar refractivity (Wildman–Crippen MR) is 102 cm³/mol. The lowest BCUT2D eigenvalue weighted by Crippen LogP contribution is -2.74. The summed E-state index contributed by atoms with van der Waals surface area (Å²) in [6.45, 7) is 9.00. The van der Waals surface area contributed by atoms with E-state index >= 15 is 0 Å². The van der Waals surface area contributed by atoms with Gasteiger partial charge in [0.25, 0.3) is 5.92 Å². The maximum absolute atomic E-state index is 14.4. The molecule has 3 fully saturated rings. The van der Waals surface area contributed by atoms with Crippen molar-refractivity contribution < 1.29 is 13.6 Å². The second-order valence-corrected chi connectivity index (χ2v) is 9.15. The van der Waals surface area contributed by atoms with Crippen LogP contribution < -0.4 is 4.90 Å². The number of likely N-dealkylation sites (tertiary alicyclic amines) is 2. The van der Waals surface area contributed by atoms with E-state index in [0.29, 0.717) is 26.1 Å². The second-order valence-electron chi connectivity index (χ2n) is 9.15. The Bertz CT molecular complexity index is 705. The van der Waals surface area contributed by atoms with E-state index < -0.39 is 18.4 Å². The molecule has 3 saturated heterocycles. The Hall–Kier alpha value is -1.85. The third-order valence-corrected chi connectivity index (χ3v) is 6.50. The highest BCUT2D eigenvalue weighted by atomic mass is 19.3. The highest BCUT2D eigenvalue weighted by Crippen LogP contribution is 2.43. The summed E-state index contributed by atoms with van der Waals surface area (Å²) in [5.74, 6) is -3.48. The van der Waals surface area contributed by atoms with E-state index in [4.69, 9.17) is 0 Å². The van der Waals surface area contributed by atoms with Crippen LogP contribution in [-0.2, 0) is 0 Å². The summed E-state index contributed by atoms with van der Waals surface area (Å²) in [6.07, 6.45) is 0.386. The standard InChI is InChI=1S/C21H29F2N3O/c1-15(2)18-8-9-24(14-21(18,22)23)19(27)26-12-20(13-26)10-25(11-20)17-6-4-16(3)5-7-17/h4-7,15,18H,8-14H2,1-3H3. The summed E-state index contributed by atoms with van der Waals surface area (Å²) in [5, 5.41) is 0. The maximum Gasteiger partial charge on any atom is 0.320 e. The molecule has 1 spiro atoms. The van der Waals surface area contributed by atoms with E-state index in [-0.39, 0.29) is 17.4 Å². The van der Waals surface area contributed by atoms with Crippen LogP contribution in [0.3, 0.4) is 0 Å². The Kier molecular flexibility index (Phi) is 4.35. The first-order chi connectivity index (χ1) is 12.7. The smallest absolute Gasteiger partial charge is 0.320 e. The number of nitrogens with zero attached hydrogens (tertiary/aromatic N) is 3. The van der Waals surface area contributed by atoms with Gasteiger partial charge in [0.05, 0.1) is 6.54 Å². The van der Waals surface area contributed by atoms with Crippen LogP contribution in [0.5, 0.6) is 0 Å². The SMILES string of the molecule is Cc1ccc(N2CC3(CN(C(=O)N4CCC(C(C)C)C(F)(F)C4)C3)C2)cc1. The van der Waals surface area contributed by atoms with E-state index in [2.05, 4.69) is 36.1 Å². The number of halogens is 2. The fourth-order valence-electron chi connectivity index (χ4n) is 4.94. The number of hydrogen-bond acceptors (Lipinski definition) is 2. The number of piperidine rings is 1. The Morgan fingerprint density at radius 1 is 1.04 bits per heavy atom. The van der Waals surface area contributed by atoms with Gasteiger partial charge in [-0.1, -0.05) is 31.5 Å². The number of hydrogen-bond donors (Lipinski definition) is 0. The zero-order chi connectivity index (χ0) is 19.4. The molecule has 0 N–H and O–H groups in total. The van der Waals surface area contributed by atoms with E-state index in [9.17, 15) is 13.6 Å². The van der Waals surface area contributed by atoms with Crippen molar-refractivity contribution in [3.8, 4) is 0 Å². The maximum atomic E-state index is 14.4. The molecule has 4 nitrogen and oxygen atoms in total. The molecule has 1 unspecified atom stereocenters. The molecule has 27 heavy (non-hydrogen) atoms. The Morgan fingerprint density at radius 2 is 1.67 bits per heavy atom. The lowest BCUT2D eigenvalue weighted by Gasteiger charge is -2.61. The lowest BCUT2D eigenvalue weighted by atomic mass is 9.72. The van der Waals surface area contributed by atoms with Gasteiger partial charge in [0.15, 0.2) is 0 Å². The summed E-state index contributed by atoms with van der Waals surface area (Å²) in [6, 6.07) is 8.27. The molecule has 3 heterocycles. The normalized spacial score (nSPS) is 26.1. The Morgan fingerprint density at radius 3 is 2.22 bits per heavy atom. The van der Waals surface area contributed by atoms with Crippen LogP contribution in [0.25, 0.3) is 0 Å². The third kappa shape index (κ3) is 3.27. The highest BCUT2D eigenvalue weighted by Gasteiger charge is 2.55. The number of urea groups is 1. The first kappa shape index (κ1) is 18.5.